The van der Waals surface area contributed by atoms with Gasteiger partial charge in [0.05, 0.1) is 16.8 Å². The number of amides is 1. The van der Waals surface area contributed by atoms with Crippen molar-refractivity contribution in [2.24, 2.45) is 0 Å². The lowest BCUT2D eigenvalue weighted by molar-refractivity contribution is -0.131. The second-order valence-corrected chi connectivity index (χ2v) is 7.10. The second kappa shape index (κ2) is 6.41. The van der Waals surface area contributed by atoms with Crippen LogP contribution in [0.2, 0.25) is 0 Å². The molecule has 2 aromatic rings. The second-order valence-electron chi connectivity index (χ2n) is 6.18. The van der Waals surface area contributed by atoms with Crippen LogP contribution < -0.4 is 4.90 Å². The molecule has 7 heteroatoms. The van der Waals surface area contributed by atoms with Crippen molar-refractivity contribution < 1.29 is 4.79 Å². The Balaban J connectivity index is 1.37. The van der Waals surface area contributed by atoms with Crippen LogP contribution in [-0.4, -0.2) is 71.5 Å². The molecule has 0 aromatic carbocycles. The van der Waals surface area contributed by atoms with Crippen molar-refractivity contribution >= 4 is 33.3 Å². The average Bonchev–Trinajstić information content (AvgIpc) is 3.26. The molecular weight excluding hydrogens is 310 g/mol. The molecule has 1 amide bonds. The van der Waals surface area contributed by atoms with E-state index in [4.69, 9.17) is 0 Å². The van der Waals surface area contributed by atoms with Gasteiger partial charge >= 0.3 is 0 Å². The van der Waals surface area contributed by atoms with Gasteiger partial charge in [-0.15, -0.1) is 11.3 Å². The summed E-state index contributed by atoms with van der Waals surface area (Å²) in [5, 5.41) is 2.06. The summed E-state index contributed by atoms with van der Waals surface area (Å²) >= 11 is 1.69. The van der Waals surface area contributed by atoms with Crippen molar-refractivity contribution in [3.8, 4) is 0 Å². The van der Waals surface area contributed by atoms with Crippen molar-refractivity contribution in [2.45, 2.75) is 12.8 Å². The van der Waals surface area contributed by atoms with Gasteiger partial charge in [-0.25, -0.2) is 9.97 Å². The summed E-state index contributed by atoms with van der Waals surface area (Å²) in [4.78, 5) is 27.6. The van der Waals surface area contributed by atoms with E-state index in [-0.39, 0.29) is 0 Å². The highest BCUT2D eigenvalue weighted by atomic mass is 32.1. The van der Waals surface area contributed by atoms with E-state index in [1.54, 1.807) is 17.7 Å². The molecule has 6 nitrogen and oxygen atoms in total. The predicted molar refractivity (Wildman–Crippen MR) is 91.9 cm³/mol. The van der Waals surface area contributed by atoms with Gasteiger partial charge < -0.3 is 9.80 Å². The highest BCUT2D eigenvalue weighted by molar-refractivity contribution is 7.17. The Hall–Kier alpha value is -1.73. The maximum Gasteiger partial charge on any atom is 0.236 e. The molecule has 0 bridgehead atoms. The molecule has 2 saturated heterocycles. The van der Waals surface area contributed by atoms with Gasteiger partial charge in [0.15, 0.2) is 0 Å². The Kier molecular flexibility index (Phi) is 4.13. The van der Waals surface area contributed by atoms with Crippen LogP contribution in [-0.2, 0) is 4.79 Å². The van der Waals surface area contributed by atoms with Gasteiger partial charge in [0, 0.05) is 39.3 Å². The fourth-order valence-corrected chi connectivity index (χ4v) is 4.24. The summed E-state index contributed by atoms with van der Waals surface area (Å²) in [5.74, 6) is 1.33. The molecule has 2 fully saturated rings. The van der Waals surface area contributed by atoms with Gasteiger partial charge in [-0.3, -0.25) is 9.69 Å². The van der Waals surface area contributed by atoms with Gasteiger partial charge in [-0.1, -0.05) is 0 Å². The first-order valence-electron chi connectivity index (χ1n) is 8.24. The predicted octanol–water partition coefficient (Wildman–Crippen LogP) is 1.44. The number of aromatic nitrogens is 2. The first-order chi connectivity index (χ1) is 11.3. The van der Waals surface area contributed by atoms with E-state index in [0.717, 1.165) is 68.1 Å². The summed E-state index contributed by atoms with van der Waals surface area (Å²) in [7, 11) is 0. The van der Waals surface area contributed by atoms with Crippen molar-refractivity contribution in [3.05, 3.63) is 17.8 Å². The Morgan fingerprint density at radius 2 is 1.87 bits per heavy atom. The molecule has 0 unspecified atom stereocenters. The third-order valence-corrected chi connectivity index (χ3v) is 5.61. The number of hydrogen-bond donors (Lipinski definition) is 0. The fraction of sp³-hybridized carbons (Fsp3) is 0.562. The zero-order valence-electron chi connectivity index (χ0n) is 13.1. The van der Waals surface area contributed by atoms with E-state index in [0.29, 0.717) is 12.5 Å². The first-order valence-corrected chi connectivity index (χ1v) is 9.12. The van der Waals surface area contributed by atoms with Gasteiger partial charge in [0.25, 0.3) is 0 Å². The van der Waals surface area contributed by atoms with Crippen LogP contribution in [0.5, 0.6) is 0 Å². The van der Waals surface area contributed by atoms with Crippen LogP contribution in [0.1, 0.15) is 12.8 Å². The van der Waals surface area contributed by atoms with Gasteiger partial charge in [0.1, 0.15) is 12.1 Å². The standard InChI is InChI=1S/C16H21N5OS/c22-14(20-4-1-2-5-20)11-19-6-8-21(9-7-19)16-15-13(3-10-23-15)17-12-18-16/h3,10,12H,1-2,4-9,11H2. The molecule has 2 aromatic heterocycles. The maximum absolute atomic E-state index is 12.3. The molecule has 4 rings (SSSR count). The van der Waals surface area contributed by atoms with E-state index < -0.39 is 0 Å². The highest BCUT2D eigenvalue weighted by Crippen LogP contribution is 2.28. The molecule has 2 aliphatic heterocycles. The van der Waals surface area contributed by atoms with Crippen LogP contribution in [0.25, 0.3) is 10.2 Å². The average molecular weight is 331 g/mol. The Morgan fingerprint density at radius 3 is 2.65 bits per heavy atom. The fourth-order valence-electron chi connectivity index (χ4n) is 3.38. The number of likely N-dealkylation sites (tertiary alicyclic amines) is 1. The van der Waals surface area contributed by atoms with E-state index in [1.807, 2.05) is 11.0 Å². The van der Waals surface area contributed by atoms with Crippen molar-refractivity contribution in [1.82, 2.24) is 19.8 Å². The number of hydrogen-bond acceptors (Lipinski definition) is 6. The monoisotopic (exact) mass is 331 g/mol. The van der Waals surface area contributed by atoms with E-state index in [9.17, 15) is 4.79 Å². The topological polar surface area (TPSA) is 52.6 Å². The van der Waals surface area contributed by atoms with Gasteiger partial charge in [-0.2, -0.15) is 0 Å². The number of thiophene rings is 1. The molecule has 0 saturated carbocycles. The largest absolute Gasteiger partial charge is 0.353 e. The molecule has 122 valence electrons. The number of anilines is 1. The SMILES string of the molecule is O=C(CN1CCN(c2ncnc3ccsc23)CC1)N1CCCC1. The highest BCUT2D eigenvalue weighted by Gasteiger charge is 2.24. The summed E-state index contributed by atoms with van der Waals surface area (Å²) < 4.78 is 1.16. The van der Waals surface area contributed by atoms with Crippen LogP contribution in [0.3, 0.4) is 0 Å². The number of nitrogens with zero attached hydrogens (tertiary/aromatic N) is 5. The maximum atomic E-state index is 12.3. The Morgan fingerprint density at radius 1 is 1.09 bits per heavy atom. The quantitative estimate of drug-likeness (QED) is 0.852. The number of carbonyl (C=O) groups excluding carboxylic acids is 1. The summed E-state index contributed by atoms with van der Waals surface area (Å²) in [6.45, 7) is 6.10. The molecule has 0 radical (unpaired) electrons. The van der Waals surface area contributed by atoms with Crippen molar-refractivity contribution in [3.63, 3.8) is 0 Å². The zero-order chi connectivity index (χ0) is 15.6. The van der Waals surface area contributed by atoms with E-state index in [2.05, 4.69) is 25.1 Å². The number of fused-ring (bicyclic) bond motifs is 1. The molecule has 2 aliphatic rings. The molecule has 0 atom stereocenters. The van der Waals surface area contributed by atoms with Gasteiger partial charge in [0.2, 0.25) is 5.91 Å². The van der Waals surface area contributed by atoms with Crippen LogP contribution in [0.4, 0.5) is 5.82 Å². The summed E-state index contributed by atoms with van der Waals surface area (Å²) in [6.07, 6.45) is 3.96. The third kappa shape index (κ3) is 3.03. The minimum atomic E-state index is 0.290. The Bertz CT molecular complexity index is 689. The van der Waals surface area contributed by atoms with Crippen molar-refractivity contribution in [2.75, 3.05) is 50.7 Å². The molecular formula is C16H21N5OS. The molecule has 0 aliphatic carbocycles. The van der Waals surface area contributed by atoms with Crippen LogP contribution in [0, 0.1) is 0 Å². The minimum Gasteiger partial charge on any atom is -0.353 e. The zero-order valence-corrected chi connectivity index (χ0v) is 14.0. The summed E-state index contributed by atoms with van der Waals surface area (Å²) in [5.41, 5.74) is 1.02. The Labute approximate surface area is 139 Å². The lowest BCUT2D eigenvalue weighted by Crippen LogP contribution is -2.50. The van der Waals surface area contributed by atoms with Crippen LogP contribution in [0.15, 0.2) is 17.8 Å². The molecule has 0 N–H and O–H groups in total. The van der Waals surface area contributed by atoms with E-state index >= 15 is 0 Å². The van der Waals surface area contributed by atoms with Gasteiger partial charge in [-0.05, 0) is 24.3 Å². The molecule has 0 spiro atoms. The molecule has 4 heterocycles. The smallest absolute Gasteiger partial charge is 0.236 e. The van der Waals surface area contributed by atoms with Crippen LogP contribution >= 0.6 is 11.3 Å². The number of piperazine rings is 1. The summed E-state index contributed by atoms with van der Waals surface area (Å²) in [6, 6.07) is 2.04. The third-order valence-electron chi connectivity index (χ3n) is 4.71. The van der Waals surface area contributed by atoms with Crippen molar-refractivity contribution in [1.29, 1.82) is 0 Å². The minimum absolute atomic E-state index is 0.290. The first kappa shape index (κ1) is 14.8. The number of rotatable bonds is 3. The normalized spacial score (nSPS) is 19.7. The lowest BCUT2D eigenvalue weighted by atomic mass is 10.3. The van der Waals surface area contributed by atoms with E-state index in [1.165, 1.54) is 0 Å². The lowest BCUT2D eigenvalue weighted by Gasteiger charge is -2.35. The molecule has 23 heavy (non-hydrogen) atoms. The number of carbonyl (C=O) groups is 1.